The molecule has 1 aliphatic rings. The summed E-state index contributed by atoms with van der Waals surface area (Å²) in [4.78, 5) is 35.5. The van der Waals surface area contributed by atoms with Gasteiger partial charge in [0.1, 0.15) is 6.04 Å². The number of rotatable bonds is 9. The van der Waals surface area contributed by atoms with Crippen LogP contribution in [0.3, 0.4) is 0 Å². The number of hydrogen-bond acceptors (Lipinski definition) is 6. The Morgan fingerprint density at radius 3 is 2.70 bits per heavy atom. The monoisotopic (exact) mass is 373 g/mol. The van der Waals surface area contributed by atoms with Crippen molar-refractivity contribution in [2.45, 2.75) is 31.7 Å². The molecule has 2 amide bonds. The molecule has 0 aromatic heterocycles. The van der Waals surface area contributed by atoms with E-state index >= 15 is 0 Å². The van der Waals surface area contributed by atoms with E-state index in [4.69, 9.17) is 5.26 Å². The minimum Gasteiger partial charge on any atom is -0.356 e. The molecule has 1 saturated heterocycles. The number of nitrogens with zero attached hydrogens (tertiary/aromatic N) is 3. The lowest BCUT2D eigenvalue weighted by molar-refractivity contribution is -0.384. The Morgan fingerprint density at radius 2 is 2.04 bits per heavy atom. The number of carbonyl (C=O) groups excluding carboxylic acids is 2. The average molecular weight is 373 g/mol. The topological polar surface area (TPSA) is 128 Å². The molecule has 0 bridgehead atoms. The van der Waals surface area contributed by atoms with Crippen LogP contribution in [0.5, 0.6) is 0 Å². The van der Waals surface area contributed by atoms with Crippen molar-refractivity contribution in [2.24, 2.45) is 0 Å². The van der Waals surface area contributed by atoms with E-state index in [1.807, 2.05) is 0 Å². The summed E-state index contributed by atoms with van der Waals surface area (Å²) in [6.07, 6.45) is 2.40. The van der Waals surface area contributed by atoms with Gasteiger partial charge in [0.15, 0.2) is 0 Å². The lowest BCUT2D eigenvalue weighted by atomic mass is 10.1. The van der Waals surface area contributed by atoms with Crippen molar-refractivity contribution >= 4 is 17.5 Å². The highest BCUT2D eigenvalue weighted by molar-refractivity contribution is 5.79. The first-order valence-corrected chi connectivity index (χ1v) is 8.91. The van der Waals surface area contributed by atoms with E-state index in [0.29, 0.717) is 26.1 Å². The summed E-state index contributed by atoms with van der Waals surface area (Å²) in [5.41, 5.74) is 0.945. The molecule has 2 N–H and O–H groups in total. The third-order valence-corrected chi connectivity index (χ3v) is 4.41. The van der Waals surface area contributed by atoms with Crippen LogP contribution in [0.15, 0.2) is 24.3 Å². The minimum atomic E-state index is -0.451. The number of nitrogens with one attached hydrogen (secondary N) is 2. The maximum atomic E-state index is 12.0. The summed E-state index contributed by atoms with van der Waals surface area (Å²) in [5.74, 6) is -0.245. The van der Waals surface area contributed by atoms with Crippen LogP contribution in [0.1, 0.15) is 24.8 Å². The molecule has 1 fully saturated rings. The lowest BCUT2D eigenvalue weighted by Crippen LogP contribution is -2.41. The summed E-state index contributed by atoms with van der Waals surface area (Å²) in [6, 6.07) is 8.02. The van der Waals surface area contributed by atoms with Crippen molar-refractivity contribution in [3.8, 4) is 6.07 Å². The summed E-state index contributed by atoms with van der Waals surface area (Å²) in [5, 5.41) is 25.3. The fraction of sp³-hybridized carbons (Fsp3) is 0.500. The Morgan fingerprint density at radius 1 is 1.30 bits per heavy atom. The van der Waals surface area contributed by atoms with Gasteiger partial charge in [-0.1, -0.05) is 12.1 Å². The Hall–Kier alpha value is -2.99. The second-order valence-electron chi connectivity index (χ2n) is 6.32. The summed E-state index contributed by atoms with van der Waals surface area (Å²) in [7, 11) is 0. The van der Waals surface area contributed by atoms with E-state index in [0.717, 1.165) is 18.4 Å². The molecular weight excluding hydrogens is 350 g/mol. The van der Waals surface area contributed by atoms with Crippen molar-refractivity contribution in [3.05, 3.63) is 39.9 Å². The van der Waals surface area contributed by atoms with Gasteiger partial charge < -0.3 is 15.5 Å². The second-order valence-corrected chi connectivity index (χ2v) is 6.32. The second kappa shape index (κ2) is 10.2. The molecule has 1 unspecified atom stereocenters. The maximum absolute atomic E-state index is 12.0. The van der Waals surface area contributed by atoms with Crippen molar-refractivity contribution in [3.63, 3.8) is 0 Å². The molecule has 0 spiro atoms. The largest absolute Gasteiger partial charge is 0.356 e. The zero-order valence-electron chi connectivity index (χ0n) is 15.0. The van der Waals surface area contributed by atoms with E-state index in [-0.39, 0.29) is 36.5 Å². The first-order valence-electron chi connectivity index (χ1n) is 8.91. The number of nitro benzene ring substituents is 1. The zero-order chi connectivity index (χ0) is 19.6. The smallest absolute Gasteiger partial charge is 0.269 e. The molecule has 1 heterocycles. The average Bonchev–Trinajstić information content (AvgIpc) is 3.14. The molecule has 1 aromatic carbocycles. The zero-order valence-corrected chi connectivity index (χ0v) is 15.0. The van der Waals surface area contributed by atoms with E-state index in [2.05, 4.69) is 16.7 Å². The number of benzene rings is 1. The lowest BCUT2D eigenvalue weighted by Gasteiger charge is -2.19. The normalized spacial score (nSPS) is 16.0. The highest BCUT2D eigenvalue weighted by Gasteiger charge is 2.27. The van der Waals surface area contributed by atoms with E-state index < -0.39 is 4.92 Å². The summed E-state index contributed by atoms with van der Waals surface area (Å²) < 4.78 is 0. The molecule has 1 aromatic rings. The van der Waals surface area contributed by atoms with Gasteiger partial charge in [0, 0.05) is 38.2 Å². The molecule has 0 aliphatic carbocycles. The SMILES string of the molecule is N#CC1CCCN1C(=O)CNCCC(=O)NCCc1ccc([N+](=O)[O-])cc1. The van der Waals surface area contributed by atoms with Crippen molar-refractivity contribution in [1.29, 1.82) is 5.26 Å². The van der Waals surface area contributed by atoms with Crippen LogP contribution in [0.2, 0.25) is 0 Å². The Kier molecular flexibility index (Phi) is 7.70. The molecule has 144 valence electrons. The number of nitriles is 1. The van der Waals surface area contributed by atoms with Crippen LogP contribution in [-0.4, -0.2) is 53.9 Å². The Bertz CT molecular complexity index is 713. The number of carbonyl (C=O) groups is 2. The van der Waals surface area contributed by atoms with E-state index in [1.54, 1.807) is 17.0 Å². The Balaban J connectivity index is 1.58. The van der Waals surface area contributed by atoms with Crippen LogP contribution in [0, 0.1) is 21.4 Å². The molecular formula is C18H23N5O4. The first-order chi connectivity index (χ1) is 13.0. The molecule has 0 saturated carbocycles. The van der Waals surface area contributed by atoms with Crippen molar-refractivity contribution < 1.29 is 14.5 Å². The number of hydrogen-bond donors (Lipinski definition) is 2. The van der Waals surface area contributed by atoms with Gasteiger partial charge in [-0.15, -0.1) is 0 Å². The molecule has 1 atom stereocenters. The van der Waals surface area contributed by atoms with E-state index in [9.17, 15) is 19.7 Å². The fourth-order valence-electron chi connectivity index (χ4n) is 2.92. The van der Waals surface area contributed by atoms with Gasteiger partial charge in [-0.2, -0.15) is 5.26 Å². The molecule has 1 aliphatic heterocycles. The molecule has 2 rings (SSSR count). The first kappa shape index (κ1) is 20.3. The van der Waals surface area contributed by atoms with Crippen LogP contribution < -0.4 is 10.6 Å². The highest BCUT2D eigenvalue weighted by Crippen LogP contribution is 2.16. The predicted molar refractivity (Wildman–Crippen MR) is 97.6 cm³/mol. The van der Waals surface area contributed by atoms with Gasteiger partial charge in [-0.05, 0) is 24.8 Å². The standard InChI is InChI=1S/C18H23N5O4/c19-12-16-2-1-11-22(16)18(25)13-20-9-8-17(24)21-10-7-14-3-5-15(6-4-14)23(26)27/h3-6,16,20H,1-2,7-11,13H2,(H,21,24). The van der Waals surface area contributed by atoms with Gasteiger partial charge >= 0.3 is 0 Å². The number of likely N-dealkylation sites (tertiary alicyclic amines) is 1. The van der Waals surface area contributed by atoms with E-state index in [1.165, 1.54) is 12.1 Å². The molecule has 9 nitrogen and oxygen atoms in total. The maximum Gasteiger partial charge on any atom is 0.269 e. The molecule has 0 radical (unpaired) electrons. The summed E-state index contributed by atoms with van der Waals surface area (Å²) >= 11 is 0. The summed E-state index contributed by atoms with van der Waals surface area (Å²) in [6.45, 7) is 1.55. The minimum absolute atomic E-state index is 0.0402. The molecule has 27 heavy (non-hydrogen) atoms. The quantitative estimate of drug-likeness (QED) is 0.373. The van der Waals surface area contributed by atoms with Crippen LogP contribution in [0.4, 0.5) is 5.69 Å². The third kappa shape index (κ3) is 6.34. The number of nitro groups is 1. The van der Waals surface area contributed by atoms with Crippen LogP contribution >= 0.6 is 0 Å². The van der Waals surface area contributed by atoms with Crippen molar-refractivity contribution in [2.75, 3.05) is 26.2 Å². The van der Waals surface area contributed by atoms with Crippen molar-refractivity contribution in [1.82, 2.24) is 15.5 Å². The van der Waals surface area contributed by atoms with Gasteiger partial charge in [0.05, 0.1) is 17.5 Å². The molecule has 9 heteroatoms. The highest BCUT2D eigenvalue weighted by atomic mass is 16.6. The van der Waals surface area contributed by atoms with Gasteiger partial charge in [0.2, 0.25) is 11.8 Å². The van der Waals surface area contributed by atoms with Crippen LogP contribution in [0.25, 0.3) is 0 Å². The predicted octanol–water partition coefficient (Wildman–Crippen LogP) is 0.748. The van der Waals surface area contributed by atoms with Gasteiger partial charge in [-0.25, -0.2) is 0 Å². The fourth-order valence-corrected chi connectivity index (χ4v) is 2.92. The number of non-ortho nitro benzene ring substituents is 1. The Labute approximate surface area is 157 Å². The number of amides is 2. The van der Waals surface area contributed by atoms with Crippen LogP contribution in [-0.2, 0) is 16.0 Å². The van der Waals surface area contributed by atoms with Gasteiger partial charge in [0.25, 0.3) is 5.69 Å². The third-order valence-electron chi connectivity index (χ3n) is 4.41. The van der Waals surface area contributed by atoms with Gasteiger partial charge in [-0.3, -0.25) is 19.7 Å².